The Hall–Kier alpha value is -1.55. The predicted octanol–water partition coefficient (Wildman–Crippen LogP) is 1.67. The van der Waals surface area contributed by atoms with Crippen LogP contribution in [0.5, 0.6) is 5.75 Å². The lowest BCUT2D eigenvalue weighted by Gasteiger charge is -2.14. The summed E-state index contributed by atoms with van der Waals surface area (Å²) in [6, 6.07) is 4.08. The molecular formula is C15H24N2O2. The Bertz CT molecular complexity index is 442. The van der Waals surface area contributed by atoms with Gasteiger partial charge >= 0.3 is 0 Å². The molecule has 0 fully saturated rings. The van der Waals surface area contributed by atoms with Gasteiger partial charge in [-0.3, -0.25) is 4.79 Å². The van der Waals surface area contributed by atoms with Gasteiger partial charge in [-0.1, -0.05) is 12.1 Å². The van der Waals surface area contributed by atoms with Gasteiger partial charge in [-0.05, 0) is 51.6 Å². The minimum absolute atomic E-state index is 0.0680. The molecule has 0 spiro atoms. The molecule has 1 aromatic rings. The first-order valence-corrected chi connectivity index (χ1v) is 6.53. The number of hydrogen-bond acceptors (Lipinski definition) is 3. The second kappa shape index (κ2) is 7.14. The van der Waals surface area contributed by atoms with E-state index in [1.807, 2.05) is 45.8 Å². The molecule has 0 saturated heterocycles. The van der Waals surface area contributed by atoms with E-state index in [9.17, 15) is 4.79 Å². The first kappa shape index (κ1) is 15.5. The van der Waals surface area contributed by atoms with Gasteiger partial charge in [0, 0.05) is 13.1 Å². The van der Waals surface area contributed by atoms with Crippen LogP contribution in [-0.4, -0.2) is 44.6 Å². The summed E-state index contributed by atoms with van der Waals surface area (Å²) in [6.45, 7) is 7.58. The second-order valence-corrected chi connectivity index (χ2v) is 5.10. The molecule has 0 unspecified atom stereocenters. The summed E-state index contributed by atoms with van der Waals surface area (Å²) < 4.78 is 5.64. The van der Waals surface area contributed by atoms with Crippen LogP contribution in [0.1, 0.15) is 16.7 Å². The van der Waals surface area contributed by atoms with Crippen LogP contribution in [0.15, 0.2) is 12.1 Å². The van der Waals surface area contributed by atoms with E-state index in [2.05, 4.69) is 11.4 Å². The minimum atomic E-state index is -0.0813. The second-order valence-electron chi connectivity index (χ2n) is 5.10. The lowest BCUT2D eigenvalue weighted by Crippen LogP contribution is -2.34. The summed E-state index contributed by atoms with van der Waals surface area (Å²) in [5.41, 5.74) is 3.33. The van der Waals surface area contributed by atoms with Crippen molar-refractivity contribution in [2.45, 2.75) is 20.8 Å². The molecule has 1 rings (SSSR count). The fourth-order valence-corrected chi connectivity index (χ4v) is 1.76. The first-order chi connectivity index (χ1) is 8.91. The zero-order chi connectivity index (χ0) is 14.4. The van der Waals surface area contributed by atoms with Crippen molar-refractivity contribution >= 4 is 5.91 Å². The number of aryl methyl sites for hydroxylation is 2. The Morgan fingerprint density at radius 2 is 1.84 bits per heavy atom. The molecule has 1 amide bonds. The SMILES string of the molecule is Cc1ccc(C)c(OCC(=O)NCCN(C)C)c1C. The van der Waals surface area contributed by atoms with E-state index in [1.54, 1.807) is 0 Å². The fourth-order valence-electron chi connectivity index (χ4n) is 1.76. The number of benzene rings is 1. The molecule has 4 heteroatoms. The van der Waals surface area contributed by atoms with E-state index in [0.717, 1.165) is 23.4 Å². The van der Waals surface area contributed by atoms with Crippen LogP contribution in [0.4, 0.5) is 0 Å². The molecular weight excluding hydrogens is 240 g/mol. The maximum atomic E-state index is 11.7. The Kier molecular flexibility index (Phi) is 5.83. The van der Waals surface area contributed by atoms with Gasteiger partial charge in [0.2, 0.25) is 0 Å². The molecule has 0 aliphatic rings. The molecule has 0 radical (unpaired) electrons. The first-order valence-electron chi connectivity index (χ1n) is 6.53. The number of carbonyl (C=O) groups is 1. The van der Waals surface area contributed by atoms with Crippen molar-refractivity contribution in [3.63, 3.8) is 0 Å². The fraction of sp³-hybridized carbons (Fsp3) is 0.533. The van der Waals surface area contributed by atoms with Crippen LogP contribution in [-0.2, 0) is 4.79 Å². The number of rotatable bonds is 6. The molecule has 1 aromatic carbocycles. The van der Waals surface area contributed by atoms with Gasteiger partial charge in [0.05, 0.1) is 0 Å². The highest BCUT2D eigenvalue weighted by molar-refractivity contribution is 5.77. The highest BCUT2D eigenvalue weighted by atomic mass is 16.5. The van der Waals surface area contributed by atoms with Gasteiger partial charge in [0.15, 0.2) is 6.61 Å². The highest BCUT2D eigenvalue weighted by Crippen LogP contribution is 2.25. The average molecular weight is 264 g/mol. The van der Waals surface area contributed by atoms with Crippen molar-refractivity contribution in [1.82, 2.24) is 10.2 Å². The van der Waals surface area contributed by atoms with Crippen molar-refractivity contribution in [3.8, 4) is 5.75 Å². The summed E-state index contributed by atoms with van der Waals surface area (Å²) in [5.74, 6) is 0.741. The van der Waals surface area contributed by atoms with Gasteiger partial charge in [0.25, 0.3) is 5.91 Å². The summed E-state index contributed by atoms with van der Waals surface area (Å²) >= 11 is 0. The number of likely N-dealkylation sites (N-methyl/N-ethyl adjacent to an activating group) is 1. The molecule has 4 nitrogen and oxygen atoms in total. The van der Waals surface area contributed by atoms with E-state index in [4.69, 9.17) is 4.74 Å². The third-order valence-corrected chi connectivity index (χ3v) is 3.10. The van der Waals surface area contributed by atoms with Gasteiger partial charge in [-0.2, -0.15) is 0 Å². The molecule has 0 aliphatic heterocycles. The van der Waals surface area contributed by atoms with Crippen LogP contribution in [0, 0.1) is 20.8 Å². The smallest absolute Gasteiger partial charge is 0.257 e. The Morgan fingerprint density at radius 3 is 2.47 bits per heavy atom. The van der Waals surface area contributed by atoms with Gasteiger partial charge in [0.1, 0.15) is 5.75 Å². The quantitative estimate of drug-likeness (QED) is 0.850. The number of amides is 1. The zero-order valence-corrected chi connectivity index (χ0v) is 12.5. The Balaban J connectivity index is 2.49. The summed E-state index contributed by atoms with van der Waals surface area (Å²) in [5, 5.41) is 2.83. The van der Waals surface area contributed by atoms with Gasteiger partial charge in [-0.25, -0.2) is 0 Å². The van der Waals surface area contributed by atoms with E-state index in [-0.39, 0.29) is 12.5 Å². The molecule has 0 heterocycles. The van der Waals surface area contributed by atoms with E-state index < -0.39 is 0 Å². The largest absolute Gasteiger partial charge is 0.483 e. The van der Waals surface area contributed by atoms with E-state index >= 15 is 0 Å². The molecule has 0 aliphatic carbocycles. The van der Waals surface area contributed by atoms with Crippen LogP contribution in [0.3, 0.4) is 0 Å². The zero-order valence-electron chi connectivity index (χ0n) is 12.5. The molecule has 1 N–H and O–H groups in total. The van der Waals surface area contributed by atoms with E-state index in [0.29, 0.717) is 6.54 Å². The van der Waals surface area contributed by atoms with Crippen molar-refractivity contribution in [3.05, 3.63) is 28.8 Å². The summed E-state index contributed by atoms with van der Waals surface area (Å²) in [7, 11) is 3.95. The topological polar surface area (TPSA) is 41.6 Å². The Labute approximate surface area is 115 Å². The number of hydrogen-bond donors (Lipinski definition) is 1. The lowest BCUT2D eigenvalue weighted by atomic mass is 10.1. The number of carbonyl (C=O) groups excluding carboxylic acids is 1. The van der Waals surface area contributed by atoms with Crippen LogP contribution < -0.4 is 10.1 Å². The van der Waals surface area contributed by atoms with Crippen LogP contribution >= 0.6 is 0 Å². The normalized spacial score (nSPS) is 10.6. The van der Waals surface area contributed by atoms with Crippen LogP contribution in [0.25, 0.3) is 0 Å². The number of ether oxygens (including phenoxy) is 1. The predicted molar refractivity (Wildman–Crippen MR) is 77.7 cm³/mol. The Morgan fingerprint density at radius 1 is 1.21 bits per heavy atom. The molecule has 0 saturated carbocycles. The van der Waals surface area contributed by atoms with Crippen molar-refractivity contribution in [1.29, 1.82) is 0 Å². The molecule has 0 aromatic heterocycles. The number of nitrogens with zero attached hydrogens (tertiary/aromatic N) is 1. The molecule has 0 bridgehead atoms. The minimum Gasteiger partial charge on any atom is -0.483 e. The molecule has 19 heavy (non-hydrogen) atoms. The summed E-state index contributed by atoms with van der Waals surface area (Å²) in [4.78, 5) is 13.7. The molecule has 106 valence electrons. The maximum Gasteiger partial charge on any atom is 0.257 e. The highest BCUT2D eigenvalue weighted by Gasteiger charge is 2.08. The van der Waals surface area contributed by atoms with Gasteiger partial charge < -0.3 is 15.0 Å². The monoisotopic (exact) mass is 264 g/mol. The maximum absolute atomic E-state index is 11.7. The molecule has 0 atom stereocenters. The number of nitrogens with one attached hydrogen (secondary N) is 1. The van der Waals surface area contributed by atoms with Crippen LogP contribution in [0.2, 0.25) is 0 Å². The standard InChI is InChI=1S/C15H24N2O2/c1-11-6-7-12(2)15(13(11)3)19-10-14(18)16-8-9-17(4)5/h6-7H,8-10H2,1-5H3,(H,16,18). The van der Waals surface area contributed by atoms with Crippen molar-refractivity contribution < 1.29 is 9.53 Å². The van der Waals surface area contributed by atoms with E-state index in [1.165, 1.54) is 5.56 Å². The van der Waals surface area contributed by atoms with Crippen molar-refractivity contribution in [2.24, 2.45) is 0 Å². The average Bonchev–Trinajstić information content (AvgIpc) is 2.33. The summed E-state index contributed by atoms with van der Waals surface area (Å²) in [6.07, 6.45) is 0. The van der Waals surface area contributed by atoms with Gasteiger partial charge in [-0.15, -0.1) is 0 Å². The third-order valence-electron chi connectivity index (χ3n) is 3.10. The third kappa shape index (κ3) is 4.91. The van der Waals surface area contributed by atoms with Crippen molar-refractivity contribution in [2.75, 3.05) is 33.8 Å². The lowest BCUT2D eigenvalue weighted by molar-refractivity contribution is -0.123.